The van der Waals surface area contributed by atoms with Gasteiger partial charge in [-0.05, 0) is 24.3 Å². The Morgan fingerprint density at radius 2 is 1.82 bits per heavy atom. The van der Waals surface area contributed by atoms with Crippen molar-refractivity contribution in [2.75, 3.05) is 13.2 Å². The topological polar surface area (TPSA) is 47.9 Å². The number of aliphatic hydroxyl groups excluding tert-OH is 1. The summed E-state index contributed by atoms with van der Waals surface area (Å²) in [5, 5.41) is 9.61. The van der Waals surface area contributed by atoms with Crippen molar-refractivity contribution in [2.24, 2.45) is 0 Å². The molecule has 2 aliphatic heterocycles. The molecule has 2 heterocycles. The first kappa shape index (κ1) is 11.5. The first-order valence-corrected chi connectivity index (χ1v) is 6.37. The number of ether oxygens (including phenoxy) is 3. The van der Waals surface area contributed by atoms with E-state index in [9.17, 15) is 5.11 Å². The number of halogens is 1. The fourth-order valence-corrected chi connectivity index (χ4v) is 2.50. The second-order valence-electron chi connectivity index (χ2n) is 4.27. The normalized spacial score (nSPS) is 35.9. The lowest BCUT2D eigenvalue weighted by Gasteiger charge is -2.17. The Kier molecular flexibility index (Phi) is 3.08. The van der Waals surface area contributed by atoms with Crippen molar-refractivity contribution in [3.8, 4) is 5.75 Å². The first-order valence-electron chi connectivity index (χ1n) is 5.57. The summed E-state index contributed by atoms with van der Waals surface area (Å²) < 4.78 is 17.8. The van der Waals surface area contributed by atoms with Gasteiger partial charge in [0.25, 0.3) is 0 Å². The van der Waals surface area contributed by atoms with Crippen LogP contribution in [0.2, 0.25) is 0 Å². The van der Waals surface area contributed by atoms with Crippen molar-refractivity contribution in [1.82, 2.24) is 0 Å². The zero-order chi connectivity index (χ0) is 11.8. The van der Waals surface area contributed by atoms with Crippen molar-refractivity contribution >= 4 is 15.9 Å². The van der Waals surface area contributed by atoms with Crippen LogP contribution in [0.25, 0.3) is 0 Å². The number of aliphatic hydroxyl groups is 1. The van der Waals surface area contributed by atoms with Crippen LogP contribution in [-0.2, 0) is 9.47 Å². The van der Waals surface area contributed by atoms with Gasteiger partial charge in [-0.15, -0.1) is 0 Å². The fourth-order valence-electron chi connectivity index (χ4n) is 2.23. The predicted octanol–water partition coefficient (Wildman–Crippen LogP) is 1.35. The number of rotatable bonds is 2. The zero-order valence-corrected chi connectivity index (χ0v) is 10.7. The Morgan fingerprint density at radius 1 is 1.12 bits per heavy atom. The van der Waals surface area contributed by atoms with Crippen LogP contribution in [0.1, 0.15) is 0 Å². The molecule has 3 rings (SSSR count). The lowest BCUT2D eigenvalue weighted by Crippen LogP contribution is -2.34. The number of hydrogen-bond acceptors (Lipinski definition) is 4. The number of fused-ring (bicyclic) bond motifs is 1. The SMILES string of the molecule is O[C@H]1COC2C(Oc3ccc(Br)cc3)COC21. The van der Waals surface area contributed by atoms with Gasteiger partial charge in [-0.1, -0.05) is 15.9 Å². The maximum Gasteiger partial charge on any atom is 0.151 e. The van der Waals surface area contributed by atoms with E-state index in [1.54, 1.807) is 0 Å². The van der Waals surface area contributed by atoms with Crippen molar-refractivity contribution in [2.45, 2.75) is 24.4 Å². The third kappa shape index (κ3) is 2.20. The van der Waals surface area contributed by atoms with E-state index in [-0.39, 0.29) is 18.3 Å². The summed E-state index contributed by atoms with van der Waals surface area (Å²) in [6.45, 7) is 0.790. The minimum Gasteiger partial charge on any atom is -0.485 e. The molecule has 0 bridgehead atoms. The van der Waals surface area contributed by atoms with Gasteiger partial charge in [0, 0.05) is 4.47 Å². The standard InChI is InChI=1S/C12H13BrO4/c13-7-1-3-8(4-2-7)17-10-6-16-11-9(14)5-15-12(10)11/h1-4,9-12,14H,5-6H2/t9-,10?,11?,12?/m0/s1. The van der Waals surface area contributed by atoms with Gasteiger partial charge in [-0.2, -0.15) is 0 Å². The Hall–Kier alpha value is -0.620. The maximum absolute atomic E-state index is 9.61. The van der Waals surface area contributed by atoms with E-state index in [0.29, 0.717) is 13.2 Å². The molecule has 2 saturated heterocycles. The second kappa shape index (κ2) is 4.57. The van der Waals surface area contributed by atoms with Crippen LogP contribution in [0, 0.1) is 0 Å². The second-order valence-corrected chi connectivity index (χ2v) is 5.19. The molecule has 4 atom stereocenters. The van der Waals surface area contributed by atoms with Gasteiger partial charge in [0.1, 0.15) is 24.1 Å². The smallest absolute Gasteiger partial charge is 0.151 e. The summed E-state index contributed by atoms with van der Waals surface area (Å²) in [6, 6.07) is 7.63. The molecule has 0 amide bonds. The molecule has 0 aliphatic carbocycles. The summed E-state index contributed by atoms with van der Waals surface area (Å²) >= 11 is 3.37. The van der Waals surface area contributed by atoms with Gasteiger partial charge >= 0.3 is 0 Å². The van der Waals surface area contributed by atoms with Crippen LogP contribution >= 0.6 is 15.9 Å². The van der Waals surface area contributed by atoms with Gasteiger partial charge in [0.2, 0.25) is 0 Å². The van der Waals surface area contributed by atoms with Crippen LogP contribution in [0.4, 0.5) is 0 Å². The van der Waals surface area contributed by atoms with E-state index in [0.717, 1.165) is 10.2 Å². The highest BCUT2D eigenvalue weighted by Gasteiger charge is 2.48. The van der Waals surface area contributed by atoms with E-state index < -0.39 is 6.10 Å². The highest BCUT2D eigenvalue weighted by molar-refractivity contribution is 9.10. The summed E-state index contributed by atoms with van der Waals surface area (Å²) in [6.07, 6.45) is -1.07. The summed E-state index contributed by atoms with van der Waals surface area (Å²) in [5.41, 5.74) is 0. The zero-order valence-electron chi connectivity index (χ0n) is 9.08. The molecule has 1 aromatic rings. The van der Waals surface area contributed by atoms with Gasteiger partial charge in [0.05, 0.1) is 13.2 Å². The summed E-state index contributed by atoms with van der Waals surface area (Å²) in [4.78, 5) is 0. The Labute approximate surface area is 108 Å². The molecular weight excluding hydrogens is 288 g/mol. The number of benzene rings is 1. The van der Waals surface area contributed by atoms with Crippen LogP contribution in [0.3, 0.4) is 0 Å². The third-order valence-corrected chi connectivity index (χ3v) is 3.61. The highest BCUT2D eigenvalue weighted by Crippen LogP contribution is 2.30. The van der Waals surface area contributed by atoms with Crippen LogP contribution in [0.15, 0.2) is 28.7 Å². The quantitative estimate of drug-likeness (QED) is 0.896. The van der Waals surface area contributed by atoms with Crippen LogP contribution in [0.5, 0.6) is 5.75 Å². The average molecular weight is 301 g/mol. The first-order chi connectivity index (χ1) is 8.24. The molecule has 0 spiro atoms. The molecule has 0 radical (unpaired) electrons. The van der Waals surface area contributed by atoms with Crippen LogP contribution in [-0.4, -0.2) is 42.7 Å². The molecule has 3 unspecified atom stereocenters. The molecule has 4 nitrogen and oxygen atoms in total. The average Bonchev–Trinajstić information content (AvgIpc) is 2.87. The van der Waals surface area contributed by atoms with E-state index in [2.05, 4.69) is 15.9 Å². The molecule has 17 heavy (non-hydrogen) atoms. The predicted molar refractivity (Wildman–Crippen MR) is 64.0 cm³/mol. The lowest BCUT2D eigenvalue weighted by molar-refractivity contribution is 0.00862. The van der Waals surface area contributed by atoms with E-state index in [4.69, 9.17) is 14.2 Å². The van der Waals surface area contributed by atoms with Gasteiger partial charge in [-0.3, -0.25) is 0 Å². The molecule has 0 aromatic heterocycles. The van der Waals surface area contributed by atoms with Crippen molar-refractivity contribution in [3.05, 3.63) is 28.7 Å². The van der Waals surface area contributed by atoms with Gasteiger partial charge in [0.15, 0.2) is 6.10 Å². The van der Waals surface area contributed by atoms with E-state index in [1.165, 1.54) is 0 Å². The molecule has 0 saturated carbocycles. The summed E-state index contributed by atoms with van der Waals surface area (Å²) in [5.74, 6) is 0.785. The molecule has 1 aromatic carbocycles. The Balaban J connectivity index is 1.68. The minimum atomic E-state index is -0.529. The molecular formula is C12H13BrO4. The van der Waals surface area contributed by atoms with Crippen molar-refractivity contribution in [3.63, 3.8) is 0 Å². The highest BCUT2D eigenvalue weighted by atomic mass is 79.9. The molecule has 2 fully saturated rings. The van der Waals surface area contributed by atoms with Crippen molar-refractivity contribution in [1.29, 1.82) is 0 Å². The maximum atomic E-state index is 9.61. The van der Waals surface area contributed by atoms with E-state index in [1.807, 2.05) is 24.3 Å². The largest absolute Gasteiger partial charge is 0.485 e. The molecule has 1 N–H and O–H groups in total. The monoisotopic (exact) mass is 300 g/mol. The third-order valence-electron chi connectivity index (χ3n) is 3.08. The van der Waals surface area contributed by atoms with Gasteiger partial charge < -0.3 is 19.3 Å². The molecule has 2 aliphatic rings. The van der Waals surface area contributed by atoms with Crippen LogP contribution < -0.4 is 4.74 Å². The fraction of sp³-hybridized carbons (Fsp3) is 0.500. The Morgan fingerprint density at radius 3 is 2.59 bits per heavy atom. The molecule has 92 valence electrons. The minimum absolute atomic E-state index is 0.140. The van der Waals surface area contributed by atoms with Gasteiger partial charge in [-0.25, -0.2) is 0 Å². The molecule has 5 heteroatoms. The number of hydrogen-bond donors (Lipinski definition) is 1. The summed E-state index contributed by atoms with van der Waals surface area (Å²) in [7, 11) is 0. The Bertz CT molecular complexity index is 394. The van der Waals surface area contributed by atoms with Crippen molar-refractivity contribution < 1.29 is 19.3 Å². The van der Waals surface area contributed by atoms with E-state index >= 15 is 0 Å². The lowest BCUT2D eigenvalue weighted by atomic mass is 10.1.